The standard InChI is InChI=1S/C7H6N2O3S/c10-6-4-13-7(11)9(6)3-5-8-1-2-12-5/h1-2H,3-4H2. The topological polar surface area (TPSA) is 63.4 Å². The fraction of sp³-hybridized carbons (Fsp3) is 0.286. The highest BCUT2D eigenvalue weighted by Gasteiger charge is 2.30. The minimum absolute atomic E-state index is 0.137. The molecule has 5 nitrogen and oxygen atoms in total. The number of amides is 2. The molecule has 1 fully saturated rings. The molecule has 0 unspecified atom stereocenters. The highest BCUT2D eigenvalue weighted by Crippen LogP contribution is 2.20. The van der Waals surface area contributed by atoms with Crippen LogP contribution in [0.15, 0.2) is 16.9 Å². The van der Waals surface area contributed by atoms with Crippen molar-refractivity contribution in [2.45, 2.75) is 6.54 Å². The molecule has 1 saturated heterocycles. The van der Waals surface area contributed by atoms with Gasteiger partial charge >= 0.3 is 0 Å². The molecule has 1 aromatic rings. The van der Waals surface area contributed by atoms with Crippen molar-refractivity contribution in [3.63, 3.8) is 0 Å². The number of carbonyl (C=O) groups excluding carboxylic acids is 2. The Labute approximate surface area is 78.1 Å². The van der Waals surface area contributed by atoms with Gasteiger partial charge in [0.25, 0.3) is 5.24 Å². The molecule has 2 heterocycles. The molecule has 0 aliphatic carbocycles. The second-order valence-electron chi connectivity index (χ2n) is 2.46. The molecular formula is C7H6N2O3S. The maximum absolute atomic E-state index is 11.1. The van der Waals surface area contributed by atoms with E-state index in [0.29, 0.717) is 5.89 Å². The predicted molar refractivity (Wildman–Crippen MR) is 44.9 cm³/mol. The molecule has 1 aliphatic heterocycles. The van der Waals surface area contributed by atoms with Crippen LogP contribution in [-0.4, -0.2) is 26.8 Å². The maximum atomic E-state index is 11.1. The van der Waals surface area contributed by atoms with Crippen molar-refractivity contribution in [1.29, 1.82) is 0 Å². The summed E-state index contributed by atoms with van der Waals surface area (Å²) < 4.78 is 4.93. The van der Waals surface area contributed by atoms with E-state index in [-0.39, 0.29) is 23.4 Å². The Kier molecular flexibility index (Phi) is 2.05. The molecule has 0 radical (unpaired) electrons. The molecule has 68 valence electrons. The van der Waals surface area contributed by atoms with Crippen molar-refractivity contribution in [1.82, 2.24) is 9.88 Å². The third-order valence-electron chi connectivity index (χ3n) is 1.62. The molecular weight excluding hydrogens is 192 g/mol. The first-order valence-corrected chi connectivity index (χ1v) is 4.61. The van der Waals surface area contributed by atoms with Crippen LogP contribution in [0.3, 0.4) is 0 Å². The molecule has 0 spiro atoms. The predicted octanol–water partition coefficient (Wildman–Crippen LogP) is 0.870. The number of oxazole rings is 1. The minimum Gasteiger partial charge on any atom is -0.447 e. The fourth-order valence-electron chi connectivity index (χ4n) is 1.00. The van der Waals surface area contributed by atoms with Gasteiger partial charge in [-0.3, -0.25) is 14.5 Å². The monoisotopic (exact) mass is 198 g/mol. The fourth-order valence-corrected chi connectivity index (χ4v) is 1.73. The van der Waals surface area contributed by atoms with Crippen LogP contribution in [0.5, 0.6) is 0 Å². The lowest BCUT2D eigenvalue weighted by Crippen LogP contribution is -2.27. The number of hydrogen-bond acceptors (Lipinski definition) is 5. The number of rotatable bonds is 2. The van der Waals surface area contributed by atoms with E-state index in [1.807, 2.05) is 0 Å². The summed E-state index contributed by atoms with van der Waals surface area (Å²) in [6.07, 6.45) is 2.89. The smallest absolute Gasteiger partial charge is 0.289 e. The van der Waals surface area contributed by atoms with Crippen LogP contribution in [0.4, 0.5) is 4.79 Å². The first-order valence-electron chi connectivity index (χ1n) is 3.63. The zero-order chi connectivity index (χ0) is 9.26. The summed E-state index contributed by atoms with van der Waals surface area (Å²) in [6, 6.07) is 0. The highest BCUT2D eigenvalue weighted by molar-refractivity contribution is 8.14. The van der Waals surface area contributed by atoms with Gasteiger partial charge in [-0.25, -0.2) is 4.98 Å². The zero-order valence-corrected chi connectivity index (χ0v) is 7.41. The molecule has 2 rings (SSSR count). The van der Waals surface area contributed by atoms with Crippen molar-refractivity contribution in [3.05, 3.63) is 18.4 Å². The van der Waals surface area contributed by atoms with E-state index in [9.17, 15) is 9.59 Å². The first-order chi connectivity index (χ1) is 6.27. The lowest BCUT2D eigenvalue weighted by Gasteiger charge is -2.08. The highest BCUT2D eigenvalue weighted by atomic mass is 32.2. The van der Waals surface area contributed by atoms with Gasteiger partial charge in [0, 0.05) is 0 Å². The van der Waals surface area contributed by atoms with E-state index in [2.05, 4.69) is 4.98 Å². The second-order valence-corrected chi connectivity index (χ2v) is 3.39. The molecule has 0 aromatic carbocycles. The summed E-state index contributed by atoms with van der Waals surface area (Å²) in [5.74, 6) is 0.414. The van der Waals surface area contributed by atoms with Crippen LogP contribution >= 0.6 is 11.8 Å². The summed E-state index contributed by atoms with van der Waals surface area (Å²) >= 11 is 1.00. The summed E-state index contributed by atoms with van der Waals surface area (Å²) in [7, 11) is 0. The summed E-state index contributed by atoms with van der Waals surface area (Å²) in [5.41, 5.74) is 0. The SMILES string of the molecule is O=C1CSC(=O)N1Cc1ncco1. The van der Waals surface area contributed by atoms with Crippen LogP contribution in [0, 0.1) is 0 Å². The van der Waals surface area contributed by atoms with Gasteiger partial charge in [-0.15, -0.1) is 0 Å². The van der Waals surface area contributed by atoms with E-state index in [4.69, 9.17) is 4.42 Å². The van der Waals surface area contributed by atoms with Gasteiger partial charge in [0.05, 0.1) is 11.9 Å². The summed E-state index contributed by atoms with van der Waals surface area (Å²) in [5, 5.41) is -0.233. The van der Waals surface area contributed by atoms with E-state index in [0.717, 1.165) is 16.7 Å². The Morgan fingerprint density at radius 2 is 2.46 bits per heavy atom. The molecule has 1 aromatic heterocycles. The van der Waals surface area contributed by atoms with Gasteiger partial charge in [0.15, 0.2) is 0 Å². The van der Waals surface area contributed by atoms with Crippen molar-refractivity contribution >= 4 is 22.9 Å². The van der Waals surface area contributed by atoms with Gasteiger partial charge in [-0.2, -0.15) is 0 Å². The Bertz CT molecular complexity index is 320. The van der Waals surface area contributed by atoms with E-state index < -0.39 is 0 Å². The Morgan fingerprint density at radius 3 is 3.00 bits per heavy atom. The molecule has 0 atom stereocenters. The number of nitrogens with zero attached hydrogens (tertiary/aromatic N) is 2. The first kappa shape index (κ1) is 8.31. The molecule has 2 amide bonds. The van der Waals surface area contributed by atoms with Crippen molar-refractivity contribution in [2.24, 2.45) is 0 Å². The molecule has 0 bridgehead atoms. The van der Waals surface area contributed by atoms with E-state index in [1.165, 1.54) is 12.5 Å². The quantitative estimate of drug-likeness (QED) is 0.705. The Morgan fingerprint density at radius 1 is 1.62 bits per heavy atom. The molecule has 6 heteroatoms. The molecule has 1 aliphatic rings. The molecule has 13 heavy (non-hydrogen) atoms. The summed E-state index contributed by atoms with van der Waals surface area (Å²) in [4.78, 5) is 27.2. The van der Waals surface area contributed by atoms with Gasteiger partial charge < -0.3 is 4.42 Å². The number of thioether (sulfide) groups is 1. The largest absolute Gasteiger partial charge is 0.447 e. The average Bonchev–Trinajstić information content (AvgIpc) is 2.70. The Hall–Kier alpha value is -1.30. The van der Waals surface area contributed by atoms with Crippen LogP contribution in [0.2, 0.25) is 0 Å². The normalized spacial score (nSPS) is 17.1. The zero-order valence-electron chi connectivity index (χ0n) is 6.60. The lowest BCUT2D eigenvalue weighted by atomic mass is 10.5. The second kappa shape index (κ2) is 3.21. The van der Waals surface area contributed by atoms with Gasteiger partial charge in [-0.1, -0.05) is 11.8 Å². The third-order valence-corrected chi connectivity index (χ3v) is 2.48. The number of imide groups is 1. The van der Waals surface area contributed by atoms with Crippen molar-refractivity contribution < 1.29 is 14.0 Å². The lowest BCUT2D eigenvalue weighted by molar-refractivity contribution is -0.125. The Balaban J connectivity index is 2.09. The van der Waals surface area contributed by atoms with Crippen molar-refractivity contribution in [2.75, 3.05) is 5.75 Å². The molecule has 0 N–H and O–H groups in total. The maximum Gasteiger partial charge on any atom is 0.289 e. The third kappa shape index (κ3) is 1.57. The average molecular weight is 198 g/mol. The summed E-state index contributed by atoms with van der Waals surface area (Å²) in [6.45, 7) is 0.137. The van der Waals surface area contributed by atoms with Crippen molar-refractivity contribution in [3.8, 4) is 0 Å². The van der Waals surface area contributed by atoms with Gasteiger partial charge in [-0.05, 0) is 0 Å². The van der Waals surface area contributed by atoms with E-state index >= 15 is 0 Å². The molecule has 0 saturated carbocycles. The van der Waals surface area contributed by atoms with Crippen LogP contribution in [0.25, 0.3) is 0 Å². The van der Waals surface area contributed by atoms with Crippen LogP contribution in [-0.2, 0) is 11.3 Å². The number of aromatic nitrogens is 1. The minimum atomic E-state index is -0.233. The van der Waals surface area contributed by atoms with E-state index in [1.54, 1.807) is 0 Å². The number of hydrogen-bond donors (Lipinski definition) is 0. The van der Waals surface area contributed by atoms with Crippen LogP contribution in [0.1, 0.15) is 5.89 Å². The number of carbonyl (C=O) groups is 2. The van der Waals surface area contributed by atoms with Gasteiger partial charge in [0.1, 0.15) is 12.8 Å². The van der Waals surface area contributed by atoms with Crippen LogP contribution < -0.4 is 0 Å². The van der Waals surface area contributed by atoms with Gasteiger partial charge in [0.2, 0.25) is 11.8 Å².